The first kappa shape index (κ1) is 14.3. The minimum Gasteiger partial charge on any atom is -0.382 e. The highest BCUT2D eigenvalue weighted by molar-refractivity contribution is 5.90. The Bertz CT molecular complexity index is 631. The fraction of sp³-hybridized carbons (Fsp3) is 0.625. The van der Waals surface area contributed by atoms with E-state index in [-0.39, 0.29) is 0 Å². The van der Waals surface area contributed by atoms with Crippen LogP contribution in [0.3, 0.4) is 0 Å². The second-order valence-corrected chi connectivity index (χ2v) is 5.98. The second-order valence-electron chi connectivity index (χ2n) is 5.98. The van der Waals surface area contributed by atoms with Crippen LogP contribution in [0.5, 0.6) is 0 Å². The monoisotopic (exact) mass is 287 g/mol. The van der Waals surface area contributed by atoms with E-state index in [1.165, 1.54) is 42.3 Å². The maximum atomic E-state index is 6.11. The van der Waals surface area contributed by atoms with Gasteiger partial charge in [-0.05, 0) is 57.1 Å². The summed E-state index contributed by atoms with van der Waals surface area (Å²) in [4.78, 5) is 4.65. The molecule has 4 N–H and O–H groups in total. The molecule has 0 radical (unpaired) electrons. The molecular formula is C16H25N5. The number of anilines is 1. The Morgan fingerprint density at radius 1 is 1.38 bits per heavy atom. The number of pyridine rings is 1. The van der Waals surface area contributed by atoms with E-state index in [9.17, 15) is 0 Å². The van der Waals surface area contributed by atoms with E-state index in [1.807, 2.05) is 4.68 Å². The van der Waals surface area contributed by atoms with Crippen LogP contribution in [0.2, 0.25) is 0 Å². The average molecular weight is 287 g/mol. The van der Waals surface area contributed by atoms with Crippen molar-refractivity contribution in [1.29, 1.82) is 0 Å². The molecule has 0 spiro atoms. The molecule has 0 amide bonds. The van der Waals surface area contributed by atoms with E-state index < -0.39 is 0 Å². The zero-order valence-electron chi connectivity index (χ0n) is 12.8. The first-order valence-corrected chi connectivity index (χ1v) is 8.10. The van der Waals surface area contributed by atoms with Crippen LogP contribution in [-0.2, 0) is 13.0 Å². The molecule has 0 saturated carbocycles. The Hall–Kier alpha value is -1.62. The lowest BCUT2D eigenvalue weighted by Crippen LogP contribution is -2.14. The minimum absolute atomic E-state index is 0.582. The highest BCUT2D eigenvalue weighted by atomic mass is 15.3. The number of nitrogens with two attached hydrogens (primary N) is 2. The summed E-state index contributed by atoms with van der Waals surface area (Å²) in [5.74, 6) is 1.17. The molecule has 0 aromatic carbocycles. The van der Waals surface area contributed by atoms with Crippen LogP contribution in [0.4, 0.5) is 5.82 Å². The Morgan fingerprint density at radius 2 is 2.24 bits per heavy atom. The number of fused-ring (bicyclic) bond motifs is 3. The molecule has 2 aromatic rings. The van der Waals surface area contributed by atoms with Crippen molar-refractivity contribution >= 4 is 16.7 Å². The van der Waals surface area contributed by atoms with Gasteiger partial charge in [0.2, 0.25) is 0 Å². The molecule has 1 aliphatic rings. The van der Waals surface area contributed by atoms with Crippen molar-refractivity contribution in [2.75, 3.05) is 12.3 Å². The predicted molar refractivity (Wildman–Crippen MR) is 86.2 cm³/mol. The van der Waals surface area contributed by atoms with Crippen molar-refractivity contribution in [2.24, 2.45) is 5.73 Å². The van der Waals surface area contributed by atoms with Gasteiger partial charge in [0.15, 0.2) is 5.82 Å². The van der Waals surface area contributed by atoms with Gasteiger partial charge in [-0.3, -0.25) is 4.68 Å². The molecule has 1 atom stereocenters. The normalized spacial score (nSPS) is 18.1. The number of aryl methyl sites for hydroxylation is 2. The topological polar surface area (TPSA) is 82.8 Å². The van der Waals surface area contributed by atoms with Crippen LogP contribution in [0.15, 0.2) is 6.20 Å². The molecule has 0 aliphatic heterocycles. The van der Waals surface area contributed by atoms with Crippen molar-refractivity contribution < 1.29 is 0 Å². The van der Waals surface area contributed by atoms with Crippen LogP contribution in [0, 0.1) is 0 Å². The Morgan fingerprint density at radius 3 is 3.00 bits per heavy atom. The lowest BCUT2D eigenvalue weighted by molar-refractivity contribution is 0.495. The maximum Gasteiger partial charge on any atom is 0.152 e. The number of aromatic nitrogens is 3. The third-order valence-electron chi connectivity index (χ3n) is 4.57. The number of rotatable bonds is 5. The molecule has 0 fully saturated rings. The maximum absolute atomic E-state index is 6.11. The molecule has 0 bridgehead atoms. The van der Waals surface area contributed by atoms with Gasteiger partial charge in [0, 0.05) is 23.8 Å². The molecule has 2 aromatic heterocycles. The van der Waals surface area contributed by atoms with E-state index >= 15 is 0 Å². The molecule has 21 heavy (non-hydrogen) atoms. The highest BCUT2D eigenvalue weighted by Crippen LogP contribution is 2.39. The summed E-state index contributed by atoms with van der Waals surface area (Å²) >= 11 is 0. The number of hydrogen-bond acceptors (Lipinski definition) is 4. The molecule has 3 rings (SSSR count). The van der Waals surface area contributed by atoms with Crippen LogP contribution in [0.1, 0.15) is 56.2 Å². The summed E-state index contributed by atoms with van der Waals surface area (Å²) < 4.78 is 1.97. The van der Waals surface area contributed by atoms with Gasteiger partial charge < -0.3 is 11.5 Å². The molecule has 2 heterocycles. The Balaban J connectivity index is 2.04. The fourth-order valence-corrected chi connectivity index (χ4v) is 3.51. The third-order valence-corrected chi connectivity index (χ3v) is 4.57. The van der Waals surface area contributed by atoms with Gasteiger partial charge in [0.05, 0.1) is 0 Å². The smallest absolute Gasteiger partial charge is 0.152 e. The summed E-state index contributed by atoms with van der Waals surface area (Å²) in [6.07, 6.45) is 9.13. The average Bonchev–Trinajstić information content (AvgIpc) is 2.92. The van der Waals surface area contributed by atoms with Gasteiger partial charge >= 0.3 is 0 Å². The highest BCUT2D eigenvalue weighted by Gasteiger charge is 2.25. The van der Waals surface area contributed by atoms with Gasteiger partial charge in [-0.1, -0.05) is 6.42 Å². The number of hydrogen-bond donors (Lipinski definition) is 2. The first-order valence-electron chi connectivity index (χ1n) is 8.10. The van der Waals surface area contributed by atoms with E-state index in [4.69, 9.17) is 11.5 Å². The Labute approximate surface area is 125 Å². The standard InChI is InChI=1S/C16H25N5/c1-2-21-10-12-14-11(6-3-4-9-17)7-5-8-13(14)19-16(18)15(12)20-21/h10-11H,2-9,17H2,1H3,(H2,18,19). The van der Waals surface area contributed by atoms with Crippen molar-refractivity contribution in [3.05, 3.63) is 17.5 Å². The molecule has 1 unspecified atom stereocenters. The van der Waals surface area contributed by atoms with Crippen LogP contribution in [0.25, 0.3) is 10.9 Å². The number of nitrogen functional groups attached to an aromatic ring is 1. The summed E-state index contributed by atoms with van der Waals surface area (Å²) in [7, 11) is 0. The van der Waals surface area contributed by atoms with Gasteiger partial charge in [0.25, 0.3) is 0 Å². The molecular weight excluding hydrogens is 262 g/mol. The van der Waals surface area contributed by atoms with Crippen molar-refractivity contribution in [2.45, 2.75) is 57.9 Å². The van der Waals surface area contributed by atoms with E-state index in [0.29, 0.717) is 11.7 Å². The lowest BCUT2D eigenvalue weighted by atomic mass is 9.81. The minimum atomic E-state index is 0.582. The SMILES string of the molecule is CCn1cc2c3c(nc(N)c2n1)CCCC3CCCCN. The van der Waals surface area contributed by atoms with Crippen LogP contribution >= 0.6 is 0 Å². The largest absolute Gasteiger partial charge is 0.382 e. The van der Waals surface area contributed by atoms with E-state index in [0.717, 1.165) is 31.4 Å². The molecule has 114 valence electrons. The van der Waals surface area contributed by atoms with Gasteiger partial charge in [0.1, 0.15) is 5.52 Å². The van der Waals surface area contributed by atoms with Crippen molar-refractivity contribution in [3.8, 4) is 0 Å². The Kier molecular flexibility index (Phi) is 4.10. The van der Waals surface area contributed by atoms with Crippen LogP contribution < -0.4 is 11.5 Å². The van der Waals surface area contributed by atoms with Gasteiger partial charge in [-0.2, -0.15) is 5.10 Å². The zero-order chi connectivity index (χ0) is 14.8. The molecule has 5 heteroatoms. The summed E-state index contributed by atoms with van der Waals surface area (Å²) in [6.45, 7) is 3.74. The molecule has 5 nitrogen and oxygen atoms in total. The molecule has 1 aliphatic carbocycles. The zero-order valence-corrected chi connectivity index (χ0v) is 12.8. The lowest BCUT2D eigenvalue weighted by Gasteiger charge is -2.25. The van der Waals surface area contributed by atoms with E-state index in [1.54, 1.807) is 0 Å². The number of unbranched alkanes of at least 4 members (excludes halogenated alkanes) is 1. The second kappa shape index (κ2) is 6.02. The number of nitrogens with zero attached hydrogens (tertiary/aromatic N) is 3. The summed E-state index contributed by atoms with van der Waals surface area (Å²) in [5, 5.41) is 5.80. The predicted octanol–water partition coefficient (Wildman–Crippen LogP) is 2.58. The van der Waals surface area contributed by atoms with E-state index in [2.05, 4.69) is 23.2 Å². The fourth-order valence-electron chi connectivity index (χ4n) is 3.51. The summed E-state index contributed by atoms with van der Waals surface area (Å²) in [5.41, 5.74) is 15.2. The van der Waals surface area contributed by atoms with Crippen molar-refractivity contribution in [3.63, 3.8) is 0 Å². The van der Waals surface area contributed by atoms with Crippen LogP contribution in [-0.4, -0.2) is 21.3 Å². The molecule has 0 saturated heterocycles. The first-order chi connectivity index (χ1) is 10.2. The quantitative estimate of drug-likeness (QED) is 0.828. The third kappa shape index (κ3) is 2.62. The van der Waals surface area contributed by atoms with Gasteiger partial charge in [-0.25, -0.2) is 4.98 Å². The van der Waals surface area contributed by atoms with Crippen molar-refractivity contribution in [1.82, 2.24) is 14.8 Å². The summed E-state index contributed by atoms with van der Waals surface area (Å²) in [6, 6.07) is 0. The van der Waals surface area contributed by atoms with Gasteiger partial charge in [-0.15, -0.1) is 0 Å².